The maximum absolute atomic E-state index is 14.2. The number of carbonyl (C=O) groups is 1. The molecule has 1 aliphatic heterocycles. The van der Waals surface area contributed by atoms with Crippen LogP contribution in [0.2, 0.25) is 0 Å². The molecule has 1 saturated heterocycles. The summed E-state index contributed by atoms with van der Waals surface area (Å²) in [5.41, 5.74) is -4.02. The van der Waals surface area contributed by atoms with Crippen LogP contribution in [0.25, 0.3) is 0 Å². The molecule has 7 rings (SSSR count). The third kappa shape index (κ3) is 4.16. The van der Waals surface area contributed by atoms with Gasteiger partial charge in [0.25, 0.3) is 0 Å². The molecule has 0 aromatic heterocycles. The maximum Gasteiger partial charge on any atom is 0.164 e. The molecule has 0 amide bonds. The molecule has 0 bridgehead atoms. The van der Waals surface area contributed by atoms with Gasteiger partial charge in [0.1, 0.15) is 17.5 Å². The Morgan fingerprint density at radius 2 is 1.83 bits per heavy atom. The number of benzene rings is 1. The van der Waals surface area contributed by atoms with Crippen LogP contribution in [0.15, 0.2) is 48.1 Å². The van der Waals surface area contributed by atoms with Gasteiger partial charge in [-0.3, -0.25) is 4.79 Å². The number of aliphatic hydroxyl groups excluding tert-OH is 3. The summed E-state index contributed by atoms with van der Waals surface area (Å²) in [6, 6.07) is 7.18. The molecule has 8 nitrogen and oxygen atoms in total. The van der Waals surface area contributed by atoms with Crippen LogP contribution in [0.5, 0.6) is 5.75 Å². The quantitative estimate of drug-likeness (QED) is 0.195. The first-order valence-corrected chi connectivity index (χ1v) is 17.5. The van der Waals surface area contributed by atoms with Gasteiger partial charge in [0.15, 0.2) is 5.78 Å². The van der Waals surface area contributed by atoms with E-state index in [4.69, 9.17) is 4.74 Å². The van der Waals surface area contributed by atoms with Crippen LogP contribution < -0.4 is 0 Å². The first-order valence-electron chi connectivity index (χ1n) is 17.5. The van der Waals surface area contributed by atoms with Crippen molar-refractivity contribution in [1.82, 2.24) is 0 Å². The summed E-state index contributed by atoms with van der Waals surface area (Å²) in [6.45, 7) is 8.03. The number of hydrogen-bond donors (Lipinski definition) is 6. The molecule has 46 heavy (non-hydrogen) atoms. The number of phenolic OH excluding ortho intramolecular Hbond substituents is 1. The number of hydrogen-bond acceptors (Lipinski definition) is 8. The Labute approximate surface area is 272 Å². The van der Waals surface area contributed by atoms with Gasteiger partial charge < -0.3 is 35.4 Å². The van der Waals surface area contributed by atoms with Crippen molar-refractivity contribution in [2.45, 2.75) is 115 Å². The predicted molar refractivity (Wildman–Crippen MR) is 171 cm³/mol. The zero-order chi connectivity index (χ0) is 33.0. The summed E-state index contributed by atoms with van der Waals surface area (Å²) in [5, 5.41) is 69.0. The standard InChI is InChI=1S/C38H52O8/c1-21(2)22(3)32-33(46-32)37(44)12-6-8-24-16-26-27(17-31(43)35(20-39)19-29(42)28(41)18-34(26,35)4)38(45)14-11-30(37)36(24,38)13-10-23-7-5-9-25(40)15-23/h5-9,15,17,21-22,24,26,28-30,32-33,39-42,44-45H,10-14,16,18-20H2,1-4H3. The number of allylic oxidation sites excluding steroid dienone is 2. The van der Waals surface area contributed by atoms with Crippen molar-refractivity contribution in [3.63, 3.8) is 0 Å². The zero-order valence-electron chi connectivity index (χ0n) is 27.6. The molecular formula is C38H52O8. The molecule has 6 N–H and O–H groups in total. The van der Waals surface area contributed by atoms with Gasteiger partial charge >= 0.3 is 0 Å². The lowest BCUT2D eigenvalue weighted by Crippen LogP contribution is -2.69. The van der Waals surface area contributed by atoms with Crippen molar-refractivity contribution in [2.75, 3.05) is 6.61 Å². The van der Waals surface area contributed by atoms with Crippen LogP contribution in [-0.2, 0) is 16.0 Å². The van der Waals surface area contributed by atoms with E-state index in [9.17, 15) is 35.4 Å². The highest BCUT2D eigenvalue weighted by atomic mass is 16.6. The van der Waals surface area contributed by atoms with E-state index >= 15 is 0 Å². The van der Waals surface area contributed by atoms with E-state index in [0.29, 0.717) is 50.0 Å². The van der Waals surface area contributed by atoms with Crippen molar-refractivity contribution >= 4 is 5.78 Å². The molecule has 1 aromatic rings. The van der Waals surface area contributed by atoms with Crippen LogP contribution >= 0.6 is 0 Å². The summed E-state index contributed by atoms with van der Waals surface area (Å²) in [6.07, 6.45) is 6.41. The lowest BCUT2D eigenvalue weighted by Gasteiger charge is -2.66. The molecule has 13 unspecified atom stereocenters. The van der Waals surface area contributed by atoms with Crippen molar-refractivity contribution in [3.8, 4) is 5.75 Å². The average molecular weight is 637 g/mol. The summed E-state index contributed by atoms with van der Waals surface area (Å²) in [4.78, 5) is 14.2. The smallest absolute Gasteiger partial charge is 0.164 e. The molecule has 0 spiro atoms. The SMILES string of the molecule is CC(C)C(C)C1OC1C1(O)CC=CC2CC3C(=CC(=O)C4(CO)CC(O)C(O)CC34C)C3(O)CCC1C23CCc1cccc(O)c1. The lowest BCUT2D eigenvalue weighted by atomic mass is 9.39. The predicted octanol–water partition coefficient (Wildman–Crippen LogP) is 3.85. The Hall–Kier alpha value is -2.07. The first-order chi connectivity index (χ1) is 21.7. The Kier molecular flexibility index (Phi) is 7.56. The van der Waals surface area contributed by atoms with E-state index in [1.807, 2.05) is 19.1 Å². The number of fused-ring (bicyclic) bond motifs is 4. The molecule has 13 atom stereocenters. The lowest BCUT2D eigenvalue weighted by molar-refractivity contribution is -0.203. The van der Waals surface area contributed by atoms with Gasteiger partial charge in [0, 0.05) is 11.3 Å². The van der Waals surface area contributed by atoms with Crippen molar-refractivity contribution in [3.05, 3.63) is 53.6 Å². The van der Waals surface area contributed by atoms with Crippen LogP contribution in [0, 0.1) is 45.8 Å². The number of aryl methyl sites for hydroxylation is 1. The van der Waals surface area contributed by atoms with Crippen molar-refractivity contribution < 1.29 is 40.2 Å². The summed E-state index contributed by atoms with van der Waals surface area (Å²) >= 11 is 0. The van der Waals surface area contributed by atoms with Gasteiger partial charge in [-0.25, -0.2) is 0 Å². The maximum atomic E-state index is 14.2. The Morgan fingerprint density at radius 1 is 1.09 bits per heavy atom. The number of aromatic hydroxyl groups is 1. The Balaban J connectivity index is 1.38. The number of ketones is 1. The molecule has 6 aliphatic rings. The van der Waals surface area contributed by atoms with E-state index in [2.05, 4.69) is 32.9 Å². The van der Waals surface area contributed by atoms with E-state index in [-0.39, 0.29) is 60.3 Å². The fourth-order valence-electron chi connectivity index (χ4n) is 11.5. The van der Waals surface area contributed by atoms with Gasteiger partial charge in [0.05, 0.1) is 35.9 Å². The van der Waals surface area contributed by atoms with Gasteiger partial charge in [0.2, 0.25) is 0 Å². The molecule has 8 heteroatoms. The number of epoxide rings is 1. The number of ether oxygens (including phenoxy) is 1. The van der Waals surface area contributed by atoms with Gasteiger partial charge in [-0.1, -0.05) is 52.0 Å². The van der Waals surface area contributed by atoms with Crippen LogP contribution in [0.1, 0.15) is 78.2 Å². The number of rotatable bonds is 7. The normalized spacial score (nSPS) is 48.3. The second-order valence-electron chi connectivity index (χ2n) is 16.5. The molecule has 1 heterocycles. The topological polar surface area (TPSA) is 151 Å². The fourth-order valence-corrected chi connectivity index (χ4v) is 11.5. The third-order valence-corrected chi connectivity index (χ3v) is 14.5. The summed E-state index contributed by atoms with van der Waals surface area (Å²) in [7, 11) is 0. The highest BCUT2D eigenvalue weighted by Crippen LogP contribution is 2.75. The summed E-state index contributed by atoms with van der Waals surface area (Å²) in [5.74, 6) is -0.271. The van der Waals surface area contributed by atoms with E-state index in [1.165, 1.54) is 0 Å². The van der Waals surface area contributed by atoms with E-state index in [1.54, 1.807) is 18.2 Å². The largest absolute Gasteiger partial charge is 0.508 e. The second kappa shape index (κ2) is 10.7. The molecular weight excluding hydrogens is 584 g/mol. The van der Waals surface area contributed by atoms with Gasteiger partial charge in [-0.15, -0.1) is 0 Å². The van der Waals surface area contributed by atoms with Crippen LogP contribution in [-0.4, -0.2) is 78.6 Å². The van der Waals surface area contributed by atoms with Gasteiger partial charge in [-0.05, 0) is 110 Å². The average Bonchev–Trinajstić information content (AvgIpc) is 3.76. The minimum absolute atomic E-state index is 0.0291. The molecule has 4 fully saturated rings. The zero-order valence-corrected chi connectivity index (χ0v) is 27.6. The third-order valence-electron chi connectivity index (χ3n) is 14.5. The van der Waals surface area contributed by atoms with E-state index < -0.39 is 46.3 Å². The van der Waals surface area contributed by atoms with Crippen LogP contribution in [0.3, 0.4) is 0 Å². The summed E-state index contributed by atoms with van der Waals surface area (Å²) < 4.78 is 6.34. The van der Waals surface area contributed by atoms with Crippen molar-refractivity contribution in [1.29, 1.82) is 0 Å². The van der Waals surface area contributed by atoms with Crippen LogP contribution in [0.4, 0.5) is 0 Å². The fraction of sp³-hybridized carbons (Fsp3) is 0.711. The molecule has 5 aliphatic carbocycles. The van der Waals surface area contributed by atoms with Gasteiger partial charge in [-0.2, -0.15) is 0 Å². The van der Waals surface area contributed by atoms with Crippen molar-refractivity contribution in [2.24, 2.45) is 45.8 Å². The number of phenols is 1. The van der Waals surface area contributed by atoms with E-state index in [0.717, 1.165) is 5.56 Å². The molecule has 0 radical (unpaired) electrons. The number of carbonyl (C=O) groups excluding carboxylic acids is 1. The Morgan fingerprint density at radius 3 is 2.52 bits per heavy atom. The minimum Gasteiger partial charge on any atom is -0.508 e. The molecule has 252 valence electrons. The highest BCUT2D eigenvalue weighted by molar-refractivity contribution is 5.98. The molecule has 3 saturated carbocycles. The molecule has 1 aromatic carbocycles. The highest BCUT2D eigenvalue weighted by Gasteiger charge is 2.77. The second-order valence-corrected chi connectivity index (χ2v) is 16.5. The first kappa shape index (κ1) is 32.5. The minimum atomic E-state index is -1.43. The Bertz CT molecular complexity index is 1450. The monoisotopic (exact) mass is 636 g/mol. The number of aliphatic hydroxyl groups is 5.